The van der Waals surface area contributed by atoms with Crippen molar-refractivity contribution < 1.29 is 4.79 Å². The first-order valence-electron chi connectivity index (χ1n) is 4.82. The fraction of sp³-hybridized carbons (Fsp3) is 0.364. The van der Waals surface area contributed by atoms with Crippen LogP contribution in [-0.4, -0.2) is 28.9 Å². The highest BCUT2D eigenvalue weighted by atomic mass is 79.9. The van der Waals surface area contributed by atoms with E-state index in [1.165, 1.54) is 4.90 Å². The van der Waals surface area contributed by atoms with Gasteiger partial charge in [0, 0.05) is 23.8 Å². The highest BCUT2D eigenvalue weighted by Gasteiger charge is 2.17. The topological polar surface area (TPSA) is 57.0 Å². The maximum absolute atomic E-state index is 11.9. The fourth-order valence-corrected chi connectivity index (χ4v) is 1.39. The number of amides is 1. The van der Waals surface area contributed by atoms with Gasteiger partial charge in [-0.3, -0.25) is 4.79 Å². The molecule has 0 radical (unpaired) electrons. The Labute approximate surface area is 103 Å². The average Bonchev–Trinajstić information content (AvgIpc) is 2.28. The van der Waals surface area contributed by atoms with Crippen LogP contribution in [0.15, 0.2) is 22.8 Å². The smallest absolute Gasteiger partial charge is 0.272 e. The van der Waals surface area contributed by atoms with Crippen molar-refractivity contribution >= 4 is 21.8 Å². The molecule has 0 saturated carbocycles. The Morgan fingerprint density at radius 3 is 2.88 bits per heavy atom. The fourth-order valence-electron chi connectivity index (χ4n) is 1.15. The Morgan fingerprint density at radius 1 is 1.69 bits per heavy atom. The molecule has 0 aromatic carbocycles. The molecule has 5 heteroatoms. The number of rotatable bonds is 3. The average molecular weight is 282 g/mol. The molecule has 0 spiro atoms. The van der Waals surface area contributed by atoms with E-state index < -0.39 is 0 Å². The van der Waals surface area contributed by atoms with Crippen molar-refractivity contribution in [1.82, 2.24) is 9.88 Å². The third-order valence-corrected chi connectivity index (χ3v) is 2.78. The maximum atomic E-state index is 11.9. The van der Waals surface area contributed by atoms with Crippen LogP contribution in [0.1, 0.15) is 23.8 Å². The number of carbonyl (C=O) groups is 1. The van der Waals surface area contributed by atoms with Crippen LogP contribution in [0.5, 0.6) is 0 Å². The Bertz CT molecular complexity index is 410. The van der Waals surface area contributed by atoms with Crippen molar-refractivity contribution in [3.8, 4) is 6.07 Å². The summed E-state index contributed by atoms with van der Waals surface area (Å²) >= 11 is 3.25. The third-order valence-electron chi connectivity index (χ3n) is 2.31. The number of aromatic nitrogens is 1. The van der Waals surface area contributed by atoms with E-state index in [2.05, 4.69) is 20.9 Å². The van der Waals surface area contributed by atoms with Gasteiger partial charge in [-0.25, -0.2) is 4.98 Å². The van der Waals surface area contributed by atoms with E-state index in [-0.39, 0.29) is 11.9 Å². The molecule has 16 heavy (non-hydrogen) atoms. The van der Waals surface area contributed by atoms with Crippen molar-refractivity contribution in [1.29, 1.82) is 5.26 Å². The van der Waals surface area contributed by atoms with E-state index >= 15 is 0 Å². The lowest BCUT2D eigenvalue weighted by atomic mass is 10.2. The van der Waals surface area contributed by atoms with E-state index in [4.69, 9.17) is 5.26 Å². The van der Waals surface area contributed by atoms with E-state index in [0.717, 1.165) is 4.47 Å². The summed E-state index contributed by atoms with van der Waals surface area (Å²) in [7, 11) is 1.67. The van der Waals surface area contributed by atoms with Crippen LogP contribution < -0.4 is 0 Å². The Balaban J connectivity index is 2.78. The molecule has 0 saturated heterocycles. The van der Waals surface area contributed by atoms with E-state index in [9.17, 15) is 4.79 Å². The highest BCUT2D eigenvalue weighted by molar-refractivity contribution is 9.10. The summed E-state index contributed by atoms with van der Waals surface area (Å²) in [5, 5.41) is 8.56. The lowest BCUT2D eigenvalue weighted by Crippen LogP contribution is -2.35. The minimum Gasteiger partial charge on any atom is -0.337 e. The number of nitriles is 1. The van der Waals surface area contributed by atoms with Crippen LogP contribution in [0.4, 0.5) is 0 Å². The monoisotopic (exact) mass is 281 g/mol. The number of nitrogens with zero attached hydrogens (tertiary/aromatic N) is 3. The van der Waals surface area contributed by atoms with Crippen molar-refractivity contribution in [3.05, 3.63) is 28.5 Å². The molecule has 1 atom stereocenters. The second kappa shape index (κ2) is 5.61. The van der Waals surface area contributed by atoms with Crippen LogP contribution in [0.2, 0.25) is 0 Å². The van der Waals surface area contributed by atoms with Crippen molar-refractivity contribution in [2.75, 3.05) is 7.05 Å². The van der Waals surface area contributed by atoms with Gasteiger partial charge in [0.15, 0.2) is 0 Å². The van der Waals surface area contributed by atoms with Gasteiger partial charge in [0.25, 0.3) is 5.91 Å². The molecule has 0 fully saturated rings. The number of halogens is 1. The third kappa shape index (κ3) is 3.04. The maximum Gasteiger partial charge on any atom is 0.272 e. The van der Waals surface area contributed by atoms with E-state index in [1.54, 1.807) is 25.4 Å². The lowest BCUT2D eigenvalue weighted by molar-refractivity contribution is 0.0740. The van der Waals surface area contributed by atoms with Gasteiger partial charge in [-0.2, -0.15) is 5.26 Å². The largest absolute Gasteiger partial charge is 0.337 e. The van der Waals surface area contributed by atoms with Crippen molar-refractivity contribution in [3.63, 3.8) is 0 Å². The van der Waals surface area contributed by atoms with Gasteiger partial charge < -0.3 is 4.90 Å². The van der Waals surface area contributed by atoms with Gasteiger partial charge in [-0.15, -0.1) is 0 Å². The van der Waals surface area contributed by atoms with Crippen molar-refractivity contribution in [2.24, 2.45) is 0 Å². The Kier molecular flexibility index (Phi) is 4.44. The number of pyridine rings is 1. The zero-order chi connectivity index (χ0) is 12.1. The van der Waals surface area contributed by atoms with Gasteiger partial charge in [-0.05, 0) is 35.0 Å². The minimum absolute atomic E-state index is 0.108. The number of hydrogen-bond donors (Lipinski definition) is 0. The van der Waals surface area contributed by atoms with Crippen LogP contribution in [0, 0.1) is 11.3 Å². The summed E-state index contributed by atoms with van der Waals surface area (Å²) in [6, 6.07) is 5.36. The van der Waals surface area contributed by atoms with Gasteiger partial charge in [-0.1, -0.05) is 0 Å². The predicted molar refractivity (Wildman–Crippen MR) is 63.7 cm³/mol. The lowest BCUT2D eigenvalue weighted by Gasteiger charge is -2.22. The SMILES string of the molecule is CC(CC#N)N(C)C(=O)c1ccc(Br)cn1. The van der Waals surface area contributed by atoms with Gasteiger partial charge in [0.05, 0.1) is 12.5 Å². The summed E-state index contributed by atoms with van der Waals surface area (Å²) < 4.78 is 0.830. The van der Waals surface area contributed by atoms with Crippen LogP contribution in [0.25, 0.3) is 0 Å². The molecule has 0 N–H and O–H groups in total. The zero-order valence-corrected chi connectivity index (χ0v) is 10.7. The summed E-state index contributed by atoms with van der Waals surface area (Å²) in [6.45, 7) is 1.83. The molecule has 0 bridgehead atoms. The Morgan fingerprint density at radius 2 is 2.38 bits per heavy atom. The first kappa shape index (κ1) is 12.7. The number of hydrogen-bond acceptors (Lipinski definition) is 3. The molecule has 0 aliphatic carbocycles. The molecule has 4 nitrogen and oxygen atoms in total. The van der Waals surface area contributed by atoms with Crippen LogP contribution in [0.3, 0.4) is 0 Å². The molecule has 1 aromatic rings. The van der Waals surface area contributed by atoms with Gasteiger partial charge >= 0.3 is 0 Å². The van der Waals surface area contributed by atoms with E-state index in [0.29, 0.717) is 12.1 Å². The second-order valence-electron chi connectivity index (χ2n) is 3.49. The predicted octanol–water partition coefficient (Wildman–Crippen LogP) is 2.22. The first-order chi connectivity index (χ1) is 7.56. The summed E-state index contributed by atoms with van der Waals surface area (Å²) in [6.07, 6.45) is 1.90. The van der Waals surface area contributed by atoms with Gasteiger partial charge in [0.1, 0.15) is 5.69 Å². The molecule has 0 aliphatic rings. The second-order valence-corrected chi connectivity index (χ2v) is 4.40. The van der Waals surface area contributed by atoms with Crippen molar-refractivity contribution in [2.45, 2.75) is 19.4 Å². The standard InChI is InChI=1S/C11H12BrN3O/c1-8(5-6-13)15(2)11(16)10-4-3-9(12)7-14-10/h3-4,7-8H,5H2,1-2H3. The zero-order valence-electron chi connectivity index (χ0n) is 9.14. The molecule has 1 heterocycles. The minimum atomic E-state index is -0.171. The number of carbonyl (C=O) groups excluding carboxylic acids is 1. The summed E-state index contributed by atoms with van der Waals surface area (Å²) in [4.78, 5) is 17.5. The first-order valence-corrected chi connectivity index (χ1v) is 5.61. The molecular formula is C11H12BrN3O. The molecule has 84 valence electrons. The molecular weight excluding hydrogens is 270 g/mol. The van der Waals surface area contributed by atoms with Crippen LogP contribution >= 0.6 is 15.9 Å². The quantitative estimate of drug-likeness (QED) is 0.854. The highest BCUT2D eigenvalue weighted by Crippen LogP contribution is 2.10. The molecule has 1 aromatic heterocycles. The molecule has 1 unspecified atom stereocenters. The molecule has 0 aliphatic heterocycles. The van der Waals surface area contributed by atoms with E-state index in [1.807, 2.05) is 13.0 Å². The molecule has 1 rings (SSSR count). The Hall–Kier alpha value is -1.41. The molecule has 1 amide bonds. The normalized spacial score (nSPS) is 11.6. The van der Waals surface area contributed by atoms with Crippen LogP contribution in [-0.2, 0) is 0 Å². The summed E-state index contributed by atoms with van der Waals surface area (Å²) in [5.74, 6) is -0.171. The van der Waals surface area contributed by atoms with Gasteiger partial charge in [0.2, 0.25) is 0 Å². The summed E-state index contributed by atoms with van der Waals surface area (Å²) in [5.41, 5.74) is 0.385.